The Bertz CT molecular complexity index is 454. The Morgan fingerprint density at radius 3 is 2.56 bits per heavy atom. The molecule has 0 saturated heterocycles. The molecule has 0 radical (unpaired) electrons. The van der Waals surface area contributed by atoms with Crippen molar-refractivity contribution < 1.29 is 24.6 Å². The van der Waals surface area contributed by atoms with Gasteiger partial charge < -0.3 is 21.1 Å². The number of halogens is 1. The molecule has 8 heteroatoms. The van der Waals surface area contributed by atoms with Gasteiger partial charge in [0.05, 0.1) is 17.1 Å². The van der Waals surface area contributed by atoms with E-state index in [1.807, 2.05) is 0 Å². The van der Waals surface area contributed by atoms with Crippen LogP contribution in [0.15, 0.2) is 12.1 Å². The minimum Gasteiger partial charge on any atom is -0.502 e. The summed E-state index contributed by atoms with van der Waals surface area (Å²) in [7, 11) is 0. The minimum absolute atomic E-state index is 0.00488. The first-order chi connectivity index (χ1) is 8.38. The fourth-order valence-corrected chi connectivity index (χ4v) is 1.51. The van der Waals surface area contributed by atoms with E-state index in [2.05, 4.69) is 0 Å². The molecule has 0 bridgehead atoms. The maximum absolute atomic E-state index is 13.1. The summed E-state index contributed by atoms with van der Waals surface area (Å²) in [4.78, 5) is 9.58. The highest BCUT2D eigenvalue weighted by atomic mass is 19.1. The van der Waals surface area contributed by atoms with Crippen LogP contribution in [-0.4, -0.2) is 32.9 Å². The van der Waals surface area contributed by atoms with E-state index in [1.165, 1.54) is 0 Å². The maximum Gasteiger partial charge on any atom is 0.314 e. The van der Waals surface area contributed by atoms with Gasteiger partial charge in [0.15, 0.2) is 0 Å². The number of hydrogen-bond acceptors (Lipinski definition) is 6. The monoisotopic (exact) mass is 260 g/mol. The van der Waals surface area contributed by atoms with Gasteiger partial charge in [-0.15, -0.1) is 0 Å². The molecule has 2 atom stereocenters. The summed E-state index contributed by atoms with van der Waals surface area (Å²) >= 11 is 0. The number of hydrogen-bond donors (Lipinski definition) is 4. The molecule has 0 amide bonds. The van der Waals surface area contributed by atoms with Gasteiger partial charge in [0.1, 0.15) is 11.9 Å². The number of aromatic hydroxyl groups is 1. The lowest BCUT2D eigenvalue weighted by molar-refractivity contribution is -0.386. The number of nitrogens with two attached hydrogens (primary N) is 1. The molecule has 0 aromatic heterocycles. The van der Waals surface area contributed by atoms with Crippen LogP contribution in [0.5, 0.6) is 5.75 Å². The van der Waals surface area contributed by atoms with Crippen LogP contribution in [0.3, 0.4) is 0 Å². The molecule has 18 heavy (non-hydrogen) atoms. The van der Waals surface area contributed by atoms with Crippen molar-refractivity contribution in [3.63, 3.8) is 0 Å². The van der Waals surface area contributed by atoms with Gasteiger partial charge in [0.2, 0.25) is 5.75 Å². The van der Waals surface area contributed by atoms with Crippen LogP contribution >= 0.6 is 0 Å². The molecule has 0 heterocycles. The number of aliphatic hydroxyl groups is 2. The molecule has 100 valence electrons. The van der Waals surface area contributed by atoms with Crippen molar-refractivity contribution in [2.75, 3.05) is 6.54 Å². The number of nitrogens with zero attached hydrogens (tertiary/aromatic N) is 1. The largest absolute Gasteiger partial charge is 0.502 e. The number of aliphatic hydroxyl groups excluding tert-OH is 2. The lowest BCUT2D eigenvalue weighted by atomic mass is 10.00. The Labute approximate surface area is 101 Å². The first-order valence-corrected chi connectivity index (χ1v) is 5.11. The molecule has 0 aliphatic heterocycles. The fourth-order valence-electron chi connectivity index (χ4n) is 1.51. The predicted octanol–water partition coefficient (Wildman–Crippen LogP) is 0.183. The van der Waals surface area contributed by atoms with Crippen molar-refractivity contribution in [1.29, 1.82) is 0 Å². The van der Waals surface area contributed by atoms with Gasteiger partial charge in [0.25, 0.3) is 0 Å². The average Bonchev–Trinajstić information content (AvgIpc) is 2.30. The quantitative estimate of drug-likeness (QED) is 0.441. The standard InChI is InChI=1S/C10H13FN2O5/c11-5-3-6(10(16)8(14)1-2-12)9(15)7(4-5)13(17)18/h3-4,8,10,14-16H,1-2,12H2. The Morgan fingerprint density at radius 1 is 1.44 bits per heavy atom. The van der Waals surface area contributed by atoms with Crippen LogP contribution in [-0.2, 0) is 0 Å². The van der Waals surface area contributed by atoms with Gasteiger partial charge in [-0.3, -0.25) is 10.1 Å². The van der Waals surface area contributed by atoms with Gasteiger partial charge >= 0.3 is 5.69 Å². The molecule has 0 aliphatic rings. The highest BCUT2D eigenvalue weighted by molar-refractivity contribution is 5.52. The second kappa shape index (κ2) is 5.71. The molecule has 0 saturated carbocycles. The topological polar surface area (TPSA) is 130 Å². The average molecular weight is 260 g/mol. The molecule has 5 N–H and O–H groups in total. The molecule has 7 nitrogen and oxygen atoms in total. The Kier molecular flexibility index (Phi) is 4.54. The second-order valence-electron chi connectivity index (χ2n) is 3.71. The molecule has 1 aromatic carbocycles. The summed E-state index contributed by atoms with van der Waals surface area (Å²) in [6, 6.07) is 1.26. The van der Waals surface area contributed by atoms with Crippen LogP contribution in [0, 0.1) is 15.9 Å². The molecular weight excluding hydrogens is 247 g/mol. The molecule has 0 spiro atoms. The summed E-state index contributed by atoms with van der Waals surface area (Å²) in [6.07, 6.45) is -2.99. The summed E-state index contributed by atoms with van der Waals surface area (Å²) in [5.74, 6) is -1.86. The molecule has 1 aromatic rings. The van der Waals surface area contributed by atoms with E-state index in [0.717, 1.165) is 6.07 Å². The number of phenols is 1. The van der Waals surface area contributed by atoms with E-state index in [4.69, 9.17) is 5.73 Å². The highest BCUT2D eigenvalue weighted by Crippen LogP contribution is 2.36. The normalized spacial score (nSPS) is 14.2. The summed E-state index contributed by atoms with van der Waals surface area (Å²) in [6.45, 7) is 0.0659. The van der Waals surface area contributed by atoms with Gasteiger partial charge in [-0.05, 0) is 19.0 Å². The van der Waals surface area contributed by atoms with E-state index in [-0.39, 0.29) is 13.0 Å². The third kappa shape index (κ3) is 2.92. The van der Waals surface area contributed by atoms with Gasteiger partial charge in [0, 0.05) is 5.56 Å². The van der Waals surface area contributed by atoms with E-state index in [0.29, 0.717) is 6.07 Å². The summed E-state index contributed by atoms with van der Waals surface area (Å²) < 4.78 is 13.1. The third-order valence-electron chi connectivity index (χ3n) is 2.43. The fraction of sp³-hybridized carbons (Fsp3) is 0.400. The molecule has 0 fully saturated rings. The molecule has 1 rings (SSSR count). The van der Waals surface area contributed by atoms with E-state index < -0.39 is 39.9 Å². The number of rotatable bonds is 5. The predicted molar refractivity (Wildman–Crippen MR) is 59.4 cm³/mol. The van der Waals surface area contributed by atoms with Crippen LogP contribution < -0.4 is 5.73 Å². The number of phenolic OH excluding ortho intramolecular Hbond substituents is 1. The van der Waals surface area contributed by atoms with Crippen LogP contribution in [0.4, 0.5) is 10.1 Å². The van der Waals surface area contributed by atoms with Crippen LogP contribution in [0.1, 0.15) is 18.1 Å². The SMILES string of the molecule is NCCC(O)C(O)c1cc(F)cc([N+](=O)[O-])c1O. The van der Waals surface area contributed by atoms with Crippen molar-refractivity contribution in [2.45, 2.75) is 18.6 Å². The first-order valence-electron chi connectivity index (χ1n) is 5.11. The van der Waals surface area contributed by atoms with Crippen LogP contribution in [0.25, 0.3) is 0 Å². The second-order valence-corrected chi connectivity index (χ2v) is 3.71. The number of nitro groups is 1. The van der Waals surface area contributed by atoms with E-state index in [1.54, 1.807) is 0 Å². The number of nitro benzene ring substituents is 1. The van der Waals surface area contributed by atoms with Crippen molar-refractivity contribution >= 4 is 5.69 Å². The zero-order valence-electron chi connectivity index (χ0n) is 9.28. The zero-order chi connectivity index (χ0) is 13.9. The summed E-state index contributed by atoms with van der Waals surface area (Å²) in [5, 5.41) is 39.3. The summed E-state index contributed by atoms with van der Waals surface area (Å²) in [5.41, 5.74) is 3.86. The minimum atomic E-state index is -1.65. The van der Waals surface area contributed by atoms with E-state index >= 15 is 0 Å². The first kappa shape index (κ1) is 14.3. The van der Waals surface area contributed by atoms with Crippen molar-refractivity contribution in [2.24, 2.45) is 5.73 Å². The number of benzene rings is 1. The van der Waals surface area contributed by atoms with Crippen molar-refractivity contribution in [1.82, 2.24) is 0 Å². The lowest BCUT2D eigenvalue weighted by Crippen LogP contribution is -2.22. The smallest absolute Gasteiger partial charge is 0.314 e. The van der Waals surface area contributed by atoms with Gasteiger partial charge in [-0.25, -0.2) is 4.39 Å². The lowest BCUT2D eigenvalue weighted by Gasteiger charge is -2.18. The van der Waals surface area contributed by atoms with Crippen molar-refractivity contribution in [3.8, 4) is 5.75 Å². The van der Waals surface area contributed by atoms with Gasteiger partial charge in [-0.2, -0.15) is 0 Å². The van der Waals surface area contributed by atoms with E-state index in [9.17, 15) is 29.8 Å². The van der Waals surface area contributed by atoms with Crippen molar-refractivity contribution in [3.05, 3.63) is 33.6 Å². The Hall–Kier alpha value is -1.77. The van der Waals surface area contributed by atoms with Gasteiger partial charge in [-0.1, -0.05) is 0 Å². The zero-order valence-corrected chi connectivity index (χ0v) is 9.28. The molecule has 0 aliphatic carbocycles. The Balaban J connectivity index is 3.19. The maximum atomic E-state index is 13.1. The highest BCUT2D eigenvalue weighted by Gasteiger charge is 2.27. The van der Waals surface area contributed by atoms with Crippen LogP contribution in [0.2, 0.25) is 0 Å². The third-order valence-corrected chi connectivity index (χ3v) is 2.43. The molecule has 2 unspecified atom stereocenters. The molecular formula is C10H13FN2O5. The Morgan fingerprint density at radius 2 is 2.06 bits per heavy atom.